The Morgan fingerprint density at radius 3 is 2.30 bits per heavy atom. The molecular formula is C17H23ClN2O3. The van der Waals surface area contributed by atoms with Crippen LogP contribution in [0, 0.1) is 0 Å². The Bertz CT molecular complexity index is 551. The maximum atomic E-state index is 12.7. The molecule has 1 amide bonds. The standard InChI is InChI=1S/C17H23ClN2O3/c1-4-20(5-2)17(22)15(11-19-12-16(21)23-6-3)13-7-9-14(18)10-8-13/h7-11,19H,4-6,12H2,1-3H3/b15-11+. The minimum Gasteiger partial charge on any atom is -0.465 e. The zero-order valence-corrected chi connectivity index (χ0v) is 14.5. The van der Waals surface area contributed by atoms with Crippen molar-refractivity contribution in [2.24, 2.45) is 0 Å². The lowest BCUT2D eigenvalue weighted by molar-refractivity contribution is -0.141. The van der Waals surface area contributed by atoms with Gasteiger partial charge in [0, 0.05) is 24.3 Å². The van der Waals surface area contributed by atoms with Crippen LogP contribution >= 0.6 is 11.6 Å². The highest BCUT2D eigenvalue weighted by Crippen LogP contribution is 2.19. The lowest BCUT2D eigenvalue weighted by atomic mass is 10.1. The van der Waals surface area contributed by atoms with E-state index in [1.807, 2.05) is 13.8 Å². The summed E-state index contributed by atoms with van der Waals surface area (Å²) in [5.74, 6) is -0.469. The van der Waals surface area contributed by atoms with E-state index in [9.17, 15) is 9.59 Å². The molecule has 0 aromatic heterocycles. The summed E-state index contributed by atoms with van der Waals surface area (Å²) >= 11 is 5.90. The van der Waals surface area contributed by atoms with Gasteiger partial charge in [0.1, 0.15) is 6.54 Å². The van der Waals surface area contributed by atoms with Crippen LogP contribution in [0.2, 0.25) is 5.02 Å². The van der Waals surface area contributed by atoms with Gasteiger partial charge in [-0.15, -0.1) is 0 Å². The monoisotopic (exact) mass is 338 g/mol. The third kappa shape index (κ3) is 5.94. The van der Waals surface area contributed by atoms with Gasteiger partial charge in [-0.3, -0.25) is 9.59 Å². The molecule has 0 atom stereocenters. The fourth-order valence-corrected chi connectivity index (χ4v) is 2.15. The van der Waals surface area contributed by atoms with Crippen LogP contribution in [-0.4, -0.2) is 43.0 Å². The van der Waals surface area contributed by atoms with Crippen LogP contribution < -0.4 is 5.32 Å². The molecule has 0 aliphatic heterocycles. The van der Waals surface area contributed by atoms with Gasteiger partial charge in [0.25, 0.3) is 5.91 Å². The molecule has 6 heteroatoms. The number of hydrogen-bond donors (Lipinski definition) is 1. The zero-order valence-electron chi connectivity index (χ0n) is 13.8. The van der Waals surface area contributed by atoms with Gasteiger partial charge < -0.3 is 15.0 Å². The van der Waals surface area contributed by atoms with Crippen molar-refractivity contribution < 1.29 is 14.3 Å². The molecule has 126 valence electrons. The van der Waals surface area contributed by atoms with Gasteiger partial charge in [0.2, 0.25) is 0 Å². The van der Waals surface area contributed by atoms with Gasteiger partial charge in [-0.25, -0.2) is 0 Å². The summed E-state index contributed by atoms with van der Waals surface area (Å²) in [4.78, 5) is 25.8. The van der Waals surface area contributed by atoms with E-state index >= 15 is 0 Å². The normalized spacial score (nSPS) is 11.0. The number of hydrogen-bond acceptors (Lipinski definition) is 4. The summed E-state index contributed by atoms with van der Waals surface area (Å²) in [6, 6.07) is 7.01. The van der Waals surface area contributed by atoms with Gasteiger partial charge in [-0.05, 0) is 38.5 Å². The fourth-order valence-electron chi connectivity index (χ4n) is 2.03. The number of nitrogens with zero attached hydrogens (tertiary/aromatic N) is 1. The highest BCUT2D eigenvalue weighted by Gasteiger charge is 2.17. The summed E-state index contributed by atoms with van der Waals surface area (Å²) in [7, 11) is 0. The Balaban J connectivity index is 2.98. The first-order valence-corrected chi connectivity index (χ1v) is 8.05. The van der Waals surface area contributed by atoms with Gasteiger partial charge in [-0.2, -0.15) is 0 Å². The number of esters is 1. The average molecular weight is 339 g/mol. The zero-order chi connectivity index (χ0) is 17.2. The first kappa shape index (κ1) is 19.0. The van der Waals surface area contributed by atoms with Crippen LogP contribution in [0.25, 0.3) is 5.57 Å². The molecule has 1 aromatic rings. The van der Waals surface area contributed by atoms with E-state index in [4.69, 9.17) is 16.3 Å². The number of benzene rings is 1. The van der Waals surface area contributed by atoms with Crippen molar-refractivity contribution in [2.75, 3.05) is 26.2 Å². The largest absolute Gasteiger partial charge is 0.465 e. The highest BCUT2D eigenvalue weighted by atomic mass is 35.5. The maximum absolute atomic E-state index is 12.7. The predicted molar refractivity (Wildman–Crippen MR) is 92.0 cm³/mol. The first-order chi connectivity index (χ1) is 11.0. The fraction of sp³-hybridized carbons (Fsp3) is 0.412. The second kappa shape index (κ2) is 9.90. The molecule has 0 aliphatic rings. The summed E-state index contributed by atoms with van der Waals surface area (Å²) in [5, 5.41) is 3.45. The van der Waals surface area contributed by atoms with E-state index in [-0.39, 0.29) is 18.4 Å². The van der Waals surface area contributed by atoms with Crippen molar-refractivity contribution in [3.8, 4) is 0 Å². The smallest absolute Gasteiger partial charge is 0.325 e. The van der Waals surface area contributed by atoms with Crippen LogP contribution in [0.5, 0.6) is 0 Å². The molecule has 0 heterocycles. The predicted octanol–water partition coefficient (Wildman–Crippen LogP) is 2.70. The van der Waals surface area contributed by atoms with Crippen LogP contribution in [-0.2, 0) is 14.3 Å². The lowest BCUT2D eigenvalue weighted by Gasteiger charge is -2.20. The van der Waals surface area contributed by atoms with Gasteiger partial charge in [-0.1, -0.05) is 23.7 Å². The number of amides is 1. The maximum Gasteiger partial charge on any atom is 0.325 e. The number of rotatable bonds is 8. The topological polar surface area (TPSA) is 58.6 Å². The molecule has 5 nitrogen and oxygen atoms in total. The molecule has 23 heavy (non-hydrogen) atoms. The molecule has 1 N–H and O–H groups in total. The van der Waals surface area contributed by atoms with Gasteiger partial charge in [0.05, 0.1) is 12.2 Å². The van der Waals surface area contributed by atoms with Crippen molar-refractivity contribution in [1.82, 2.24) is 10.2 Å². The van der Waals surface area contributed by atoms with E-state index in [1.54, 1.807) is 42.3 Å². The second-order valence-electron chi connectivity index (χ2n) is 4.73. The van der Waals surface area contributed by atoms with E-state index in [0.29, 0.717) is 30.3 Å². The third-order valence-electron chi connectivity index (χ3n) is 3.23. The molecule has 0 saturated heterocycles. The van der Waals surface area contributed by atoms with Crippen molar-refractivity contribution in [1.29, 1.82) is 0 Å². The van der Waals surface area contributed by atoms with Crippen molar-refractivity contribution in [3.05, 3.63) is 41.1 Å². The van der Waals surface area contributed by atoms with Crippen LogP contribution in [0.4, 0.5) is 0 Å². The average Bonchev–Trinajstić information content (AvgIpc) is 2.54. The van der Waals surface area contributed by atoms with Gasteiger partial charge in [0.15, 0.2) is 0 Å². The number of ether oxygens (including phenoxy) is 1. The number of halogens is 1. The molecule has 0 unspecified atom stereocenters. The number of likely N-dealkylation sites (N-methyl/N-ethyl adjacent to an activating group) is 1. The lowest BCUT2D eigenvalue weighted by Crippen LogP contribution is -2.32. The Labute approximate surface area is 142 Å². The Hall–Kier alpha value is -2.01. The highest BCUT2D eigenvalue weighted by molar-refractivity contribution is 6.30. The van der Waals surface area contributed by atoms with Crippen molar-refractivity contribution >= 4 is 29.1 Å². The number of carbonyl (C=O) groups excluding carboxylic acids is 2. The quantitative estimate of drug-likeness (QED) is 0.585. The molecular weight excluding hydrogens is 316 g/mol. The number of carbonyl (C=O) groups is 2. The molecule has 1 aromatic carbocycles. The number of nitrogens with one attached hydrogen (secondary N) is 1. The molecule has 0 saturated carbocycles. The van der Waals surface area contributed by atoms with Crippen molar-refractivity contribution in [2.45, 2.75) is 20.8 Å². The minimum atomic E-state index is -0.366. The van der Waals surface area contributed by atoms with Crippen molar-refractivity contribution in [3.63, 3.8) is 0 Å². The van der Waals surface area contributed by atoms with E-state index < -0.39 is 0 Å². The van der Waals surface area contributed by atoms with E-state index in [2.05, 4.69) is 5.32 Å². The summed E-state index contributed by atoms with van der Waals surface area (Å²) in [5.41, 5.74) is 1.22. The Morgan fingerprint density at radius 2 is 1.78 bits per heavy atom. The Morgan fingerprint density at radius 1 is 1.17 bits per heavy atom. The molecule has 0 bridgehead atoms. The molecule has 0 aliphatic carbocycles. The molecule has 0 spiro atoms. The molecule has 0 radical (unpaired) electrons. The van der Waals surface area contributed by atoms with E-state index in [0.717, 1.165) is 5.56 Å². The summed E-state index contributed by atoms with van der Waals surface area (Å²) in [6.45, 7) is 7.15. The summed E-state index contributed by atoms with van der Waals surface area (Å²) < 4.78 is 4.85. The van der Waals surface area contributed by atoms with E-state index in [1.165, 1.54) is 0 Å². The Kier molecular flexibility index (Phi) is 8.19. The summed E-state index contributed by atoms with van der Waals surface area (Å²) in [6.07, 6.45) is 1.56. The van der Waals surface area contributed by atoms with Crippen LogP contribution in [0.15, 0.2) is 30.5 Å². The van der Waals surface area contributed by atoms with Crippen LogP contribution in [0.3, 0.4) is 0 Å². The van der Waals surface area contributed by atoms with Gasteiger partial charge >= 0.3 is 5.97 Å². The molecule has 1 rings (SSSR count). The first-order valence-electron chi connectivity index (χ1n) is 7.67. The third-order valence-corrected chi connectivity index (χ3v) is 3.49. The second-order valence-corrected chi connectivity index (χ2v) is 5.16. The SMILES string of the molecule is CCOC(=O)CN/C=C(/C(=O)N(CC)CC)c1ccc(Cl)cc1. The van der Waals surface area contributed by atoms with Crippen LogP contribution in [0.1, 0.15) is 26.3 Å². The molecule has 0 fully saturated rings. The minimum absolute atomic E-state index is 0.0104.